The number of ether oxygens (including phenoxy) is 1. The monoisotopic (exact) mass is 621 g/mol. The van der Waals surface area contributed by atoms with Crippen molar-refractivity contribution in [3.8, 4) is 0 Å². The normalized spacial score (nSPS) is 23.1. The van der Waals surface area contributed by atoms with Crippen LogP contribution in [0.3, 0.4) is 0 Å². The number of aliphatic hydroxyl groups is 3. The second-order valence-electron chi connectivity index (χ2n) is 9.18. The molecule has 1 fully saturated rings. The number of unbranched alkanes of at least 4 members (excludes halogenated alkanes) is 1. The lowest BCUT2D eigenvalue weighted by Gasteiger charge is -2.20. The smallest absolute Gasteiger partial charge is 0.304 e. The van der Waals surface area contributed by atoms with Gasteiger partial charge in [0.2, 0.25) is 15.9 Å². The molecule has 1 aliphatic carbocycles. The molecule has 0 unspecified atom stereocenters. The summed E-state index contributed by atoms with van der Waals surface area (Å²) in [5.74, 6) is -1.81. The average molecular weight is 623 g/mol. The van der Waals surface area contributed by atoms with Gasteiger partial charge in [0.05, 0.1) is 28.4 Å². The fourth-order valence-electron chi connectivity index (χ4n) is 4.20. The lowest BCUT2D eigenvalue weighted by atomic mass is 9.89. The molecule has 1 aliphatic rings. The summed E-state index contributed by atoms with van der Waals surface area (Å²) in [6.07, 6.45) is 9.09. The molecule has 1 saturated carbocycles. The largest absolute Gasteiger partial charge is 0.443 e. The quantitative estimate of drug-likeness (QED) is 0.124. The minimum absolute atomic E-state index is 0.0326. The highest BCUT2D eigenvalue weighted by atomic mass is 79.9. The molecule has 37 heavy (non-hydrogen) atoms. The first-order valence-electron chi connectivity index (χ1n) is 12.1. The van der Waals surface area contributed by atoms with Crippen molar-refractivity contribution in [2.75, 3.05) is 13.0 Å². The summed E-state index contributed by atoms with van der Waals surface area (Å²) in [6.45, 7) is 0.490. The van der Waals surface area contributed by atoms with E-state index >= 15 is 0 Å². The van der Waals surface area contributed by atoms with E-state index in [0.29, 0.717) is 30.0 Å². The predicted molar refractivity (Wildman–Crippen MR) is 145 cm³/mol. The second kappa shape index (κ2) is 15.1. The average Bonchev–Trinajstić information content (AvgIpc) is 3.33. The van der Waals surface area contributed by atoms with Crippen molar-refractivity contribution in [2.45, 2.75) is 70.2 Å². The summed E-state index contributed by atoms with van der Waals surface area (Å²) in [4.78, 5) is 24.4. The third-order valence-electron chi connectivity index (χ3n) is 6.19. The minimum Gasteiger partial charge on any atom is -0.443 e. The molecule has 5 atom stereocenters. The summed E-state index contributed by atoms with van der Waals surface area (Å²) in [5.41, 5.74) is 0. The van der Waals surface area contributed by atoms with Crippen LogP contribution in [0.5, 0.6) is 0 Å². The van der Waals surface area contributed by atoms with Crippen LogP contribution in [0.25, 0.3) is 0 Å². The molecule has 12 heteroatoms. The van der Waals surface area contributed by atoms with Gasteiger partial charge in [-0.2, -0.15) is 0 Å². The molecular weight excluding hydrogens is 586 g/mol. The first kappa shape index (κ1) is 31.6. The minimum atomic E-state index is -3.85. The zero-order valence-electron chi connectivity index (χ0n) is 21.0. The third-order valence-corrected chi connectivity index (χ3v) is 8.98. The number of allylic oxidation sites excluding steroid dienone is 2. The van der Waals surface area contributed by atoms with Gasteiger partial charge in [-0.05, 0) is 66.1 Å². The molecule has 3 N–H and O–H groups in total. The molecule has 0 aliphatic heterocycles. The molecule has 1 aromatic rings. The van der Waals surface area contributed by atoms with E-state index < -0.39 is 46.9 Å². The highest BCUT2D eigenvalue weighted by Crippen LogP contribution is 2.36. The number of carbonyl (C=O) groups excluding carboxylic acids is 2. The molecule has 0 saturated heterocycles. The molecule has 1 heterocycles. The summed E-state index contributed by atoms with van der Waals surface area (Å²) in [6, 6.07) is 4.00. The van der Waals surface area contributed by atoms with E-state index in [9.17, 15) is 33.3 Å². The Hall–Kier alpha value is -1.57. The zero-order chi connectivity index (χ0) is 27.6. The number of nitrogens with zero attached hydrogens (tertiary/aromatic N) is 1. The molecule has 0 radical (unpaired) electrons. The number of carbonyl (C=O) groups is 2. The van der Waals surface area contributed by atoms with E-state index in [-0.39, 0.29) is 24.7 Å². The Morgan fingerprint density at radius 2 is 2.00 bits per heavy atom. The van der Waals surface area contributed by atoms with Crippen LogP contribution in [0, 0.1) is 11.8 Å². The van der Waals surface area contributed by atoms with Gasteiger partial charge in [0.25, 0.3) is 0 Å². The molecule has 208 valence electrons. The third kappa shape index (κ3) is 11.0. The van der Waals surface area contributed by atoms with Crippen LogP contribution in [0.2, 0.25) is 0 Å². The fraction of sp³-hybridized carbons (Fsp3) is 0.600. The Bertz CT molecular complexity index is 1050. The molecule has 9 nitrogen and oxygen atoms in total. The van der Waals surface area contributed by atoms with Gasteiger partial charge >= 0.3 is 5.97 Å². The number of sulfonamides is 1. The van der Waals surface area contributed by atoms with E-state index in [0.717, 1.165) is 23.4 Å². The Morgan fingerprint density at radius 1 is 1.27 bits per heavy atom. The first-order valence-corrected chi connectivity index (χ1v) is 15.6. The lowest BCUT2D eigenvalue weighted by molar-refractivity contribution is -0.146. The van der Waals surface area contributed by atoms with Crippen molar-refractivity contribution in [3.63, 3.8) is 0 Å². The zero-order valence-corrected chi connectivity index (χ0v) is 24.3. The van der Waals surface area contributed by atoms with Crippen LogP contribution < -0.4 is 0 Å². The fourth-order valence-corrected chi connectivity index (χ4v) is 6.41. The van der Waals surface area contributed by atoms with Crippen LogP contribution >= 0.6 is 27.3 Å². The second-order valence-corrected chi connectivity index (χ2v) is 13.6. The van der Waals surface area contributed by atoms with Crippen LogP contribution in [-0.2, 0) is 30.8 Å². The summed E-state index contributed by atoms with van der Waals surface area (Å²) in [5, 5.41) is 31.2. The van der Waals surface area contributed by atoms with E-state index in [2.05, 4.69) is 20.7 Å². The van der Waals surface area contributed by atoms with Gasteiger partial charge in [-0.15, -0.1) is 11.3 Å². The number of amides is 1. The Labute approximate surface area is 231 Å². The van der Waals surface area contributed by atoms with E-state index in [4.69, 9.17) is 0 Å². The maximum atomic E-state index is 12.3. The van der Waals surface area contributed by atoms with Crippen LogP contribution in [-0.4, -0.2) is 71.2 Å². The number of thiophene rings is 1. The lowest BCUT2D eigenvalue weighted by Crippen LogP contribution is -2.38. The van der Waals surface area contributed by atoms with Crippen LogP contribution in [0.4, 0.5) is 0 Å². The number of aliphatic hydroxyl groups excluding tert-OH is 3. The molecule has 1 aromatic heterocycles. The first-order chi connectivity index (χ1) is 17.4. The summed E-state index contributed by atoms with van der Waals surface area (Å²) in [7, 11) is -3.85. The molecule has 0 spiro atoms. The van der Waals surface area contributed by atoms with Crippen LogP contribution in [0.15, 0.2) is 40.2 Å². The number of halogens is 1. The number of esters is 1. The van der Waals surface area contributed by atoms with Crippen molar-refractivity contribution in [2.24, 2.45) is 11.8 Å². The van der Waals surface area contributed by atoms with Gasteiger partial charge in [-0.3, -0.25) is 9.59 Å². The van der Waals surface area contributed by atoms with Crippen molar-refractivity contribution < 1.29 is 38.1 Å². The molecule has 2 rings (SSSR count). The standard InChI is InChI=1S/C25H36BrNO8S2/c1-17(28)35-16-27(37(2,33)34)25(32)8-6-4-3-5-7-20-21(23(31)15-22(20)30)13-10-18(29)9-11-19-12-14-24(26)36-19/h3,5,10,12-14,18,20-23,29-31H,4,6-9,11,15-16H2,1-2H3/b5-3-,13-10+/t18-,20+,21+,22-,23+/m1/s1. The number of aryl methyl sites for hydroxylation is 1. The molecule has 1 amide bonds. The SMILES string of the molecule is CC(=O)OCN(C(=O)CCC/C=C\C[C@H]1[C@H](/C=C/[C@H](O)CCc2ccc(Br)s2)[C@@H](O)C[C@H]1O)S(C)(=O)=O. The van der Waals surface area contributed by atoms with Gasteiger partial charge < -0.3 is 20.1 Å². The van der Waals surface area contributed by atoms with Crippen molar-refractivity contribution in [1.82, 2.24) is 4.31 Å². The molecular formula is C25H36BrNO8S2. The van der Waals surface area contributed by atoms with Gasteiger partial charge in [-0.1, -0.05) is 24.3 Å². The summed E-state index contributed by atoms with van der Waals surface area (Å²) >= 11 is 5.06. The van der Waals surface area contributed by atoms with Gasteiger partial charge in [0, 0.05) is 30.6 Å². The highest BCUT2D eigenvalue weighted by Gasteiger charge is 2.39. The van der Waals surface area contributed by atoms with Crippen molar-refractivity contribution in [1.29, 1.82) is 0 Å². The molecule has 0 bridgehead atoms. The highest BCUT2D eigenvalue weighted by molar-refractivity contribution is 9.11. The van der Waals surface area contributed by atoms with Crippen molar-refractivity contribution in [3.05, 3.63) is 45.1 Å². The van der Waals surface area contributed by atoms with E-state index in [1.54, 1.807) is 23.5 Å². The Morgan fingerprint density at radius 3 is 2.62 bits per heavy atom. The Balaban J connectivity index is 1.80. The number of hydrogen-bond donors (Lipinski definition) is 3. The van der Waals surface area contributed by atoms with Crippen molar-refractivity contribution >= 4 is 49.2 Å². The van der Waals surface area contributed by atoms with Gasteiger partial charge in [0.1, 0.15) is 0 Å². The van der Waals surface area contributed by atoms with Crippen LogP contribution in [0.1, 0.15) is 50.3 Å². The topological polar surface area (TPSA) is 141 Å². The predicted octanol–water partition coefficient (Wildman–Crippen LogP) is 3.14. The van der Waals surface area contributed by atoms with Gasteiger partial charge in [0.15, 0.2) is 6.73 Å². The van der Waals surface area contributed by atoms with E-state index in [1.807, 2.05) is 24.3 Å². The van der Waals surface area contributed by atoms with E-state index in [1.165, 1.54) is 4.88 Å². The Kier molecular flexibility index (Phi) is 12.9. The summed E-state index contributed by atoms with van der Waals surface area (Å²) < 4.78 is 29.8. The maximum Gasteiger partial charge on any atom is 0.304 e. The van der Waals surface area contributed by atoms with Gasteiger partial charge in [-0.25, -0.2) is 12.7 Å². The number of hydrogen-bond acceptors (Lipinski definition) is 9. The number of rotatable bonds is 14. The maximum absolute atomic E-state index is 12.3. The molecule has 0 aromatic carbocycles.